The first kappa shape index (κ1) is 13.9. The Morgan fingerprint density at radius 3 is 2.84 bits per heavy atom. The number of nitrogens with one attached hydrogen (secondary N) is 1. The molecule has 2 N–H and O–H groups in total. The minimum absolute atomic E-state index is 0.109. The standard InChI is InChI=1S/C13H19N3O3/c1-14-11(12(17)10-3-2-4-15-9-10)13(18)16-5-7-19-8-6-16/h2-4,9,11-12,14,17H,5-8H2,1H3/t11-,12+/m1/s1. The van der Waals surface area contributed by atoms with Crippen molar-refractivity contribution in [1.82, 2.24) is 15.2 Å². The van der Waals surface area contributed by atoms with Crippen LogP contribution in [0.25, 0.3) is 0 Å². The molecule has 2 rings (SSSR count). The van der Waals surface area contributed by atoms with E-state index in [1.165, 1.54) is 0 Å². The number of rotatable bonds is 4. The maximum atomic E-state index is 12.4. The summed E-state index contributed by atoms with van der Waals surface area (Å²) in [5.41, 5.74) is 0.628. The Kier molecular flexibility index (Phi) is 4.84. The Morgan fingerprint density at radius 1 is 1.53 bits per heavy atom. The van der Waals surface area contributed by atoms with Crippen molar-refractivity contribution in [3.8, 4) is 0 Å². The van der Waals surface area contributed by atoms with Crippen LogP contribution in [0.3, 0.4) is 0 Å². The number of aliphatic hydroxyl groups is 1. The molecule has 6 heteroatoms. The zero-order valence-electron chi connectivity index (χ0n) is 11.0. The second-order valence-corrected chi connectivity index (χ2v) is 4.44. The summed E-state index contributed by atoms with van der Waals surface area (Å²) < 4.78 is 5.22. The van der Waals surface area contributed by atoms with Crippen molar-refractivity contribution in [2.75, 3.05) is 33.4 Å². The van der Waals surface area contributed by atoms with Crippen molar-refractivity contribution in [2.24, 2.45) is 0 Å². The molecular weight excluding hydrogens is 246 g/mol. The minimum atomic E-state index is -0.908. The van der Waals surface area contributed by atoms with Crippen molar-refractivity contribution >= 4 is 5.91 Å². The van der Waals surface area contributed by atoms with E-state index in [1.54, 1.807) is 36.5 Å². The van der Waals surface area contributed by atoms with Crippen LogP contribution in [0.1, 0.15) is 11.7 Å². The lowest BCUT2D eigenvalue weighted by Gasteiger charge is -2.32. The summed E-state index contributed by atoms with van der Waals surface area (Å²) in [7, 11) is 1.67. The molecule has 0 spiro atoms. The van der Waals surface area contributed by atoms with Crippen LogP contribution in [0.2, 0.25) is 0 Å². The lowest BCUT2D eigenvalue weighted by atomic mass is 10.0. The molecule has 19 heavy (non-hydrogen) atoms. The number of pyridine rings is 1. The fraction of sp³-hybridized carbons (Fsp3) is 0.538. The van der Waals surface area contributed by atoms with Crippen LogP contribution in [0, 0.1) is 0 Å². The molecule has 1 aromatic heterocycles. The first-order chi connectivity index (χ1) is 9.24. The average Bonchev–Trinajstić information content (AvgIpc) is 2.49. The van der Waals surface area contributed by atoms with Gasteiger partial charge in [-0.05, 0) is 13.1 Å². The first-order valence-electron chi connectivity index (χ1n) is 6.36. The predicted octanol–water partition coefficient (Wildman–Crippen LogP) is -0.438. The van der Waals surface area contributed by atoms with Crippen molar-refractivity contribution < 1.29 is 14.6 Å². The number of aliphatic hydroxyl groups excluding tert-OH is 1. The lowest BCUT2D eigenvalue weighted by molar-refractivity contribution is -0.140. The van der Waals surface area contributed by atoms with Crippen molar-refractivity contribution in [3.63, 3.8) is 0 Å². The molecule has 0 saturated carbocycles. The van der Waals surface area contributed by atoms with Gasteiger partial charge < -0.3 is 20.1 Å². The van der Waals surface area contributed by atoms with Gasteiger partial charge in [-0.3, -0.25) is 9.78 Å². The highest BCUT2D eigenvalue weighted by Crippen LogP contribution is 2.17. The Morgan fingerprint density at radius 2 is 2.26 bits per heavy atom. The minimum Gasteiger partial charge on any atom is -0.386 e. The molecule has 0 aromatic carbocycles. The number of morpholine rings is 1. The van der Waals surface area contributed by atoms with Gasteiger partial charge in [0.1, 0.15) is 12.1 Å². The van der Waals surface area contributed by atoms with Gasteiger partial charge in [-0.1, -0.05) is 6.07 Å². The summed E-state index contributed by atoms with van der Waals surface area (Å²) in [6.07, 6.45) is 2.30. The molecule has 1 saturated heterocycles. The highest BCUT2D eigenvalue weighted by molar-refractivity contribution is 5.82. The fourth-order valence-electron chi connectivity index (χ4n) is 2.14. The molecule has 0 aliphatic carbocycles. The van der Waals surface area contributed by atoms with Gasteiger partial charge >= 0.3 is 0 Å². The number of aromatic nitrogens is 1. The Labute approximate surface area is 112 Å². The molecule has 1 aliphatic heterocycles. The number of ether oxygens (including phenoxy) is 1. The van der Waals surface area contributed by atoms with Crippen LogP contribution in [0.4, 0.5) is 0 Å². The normalized spacial score (nSPS) is 18.9. The van der Waals surface area contributed by atoms with Gasteiger partial charge in [0, 0.05) is 31.0 Å². The molecule has 6 nitrogen and oxygen atoms in total. The Hall–Kier alpha value is -1.50. The van der Waals surface area contributed by atoms with Crippen molar-refractivity contribution in [1.29, 1.82) is 0 Å². The highest BCUT2D eigenvalue weighted by atomic mass is 16.5. The van der Waals surface area contributed by atoms with Gasteiger partial charge in [0.15, 0.2) is 0 Å². The summed E-state index contributed by atoms with van der Waals surface area (Å²) in [4.78, 5) is 18.0. The molecule has 1 amide bonds. The number of carbonyl (C=O) groups is 1. The van der Waals surface area contributed by atoms with E-state index in [-0.39, 0.29) is 5.91 Å². The molecule has 2 heterocycles. The van der Waals surface area contributed by atoms with Crippen LogP contribution in [-0.2, 0) is 9.53 Å². The maximum Gasteiger partial charge on any atom is 0.242 e. The van der Waals surface area contributed by atoms with Crippen LogP contribution in [0.15, 0.2) is 24.5 Å². The van der Waals surface area contributed by atoms with E-state index in [4.69, 9.17) is 4.74 Å². The smallest absolute Gasteiger partial charge is 0.242 e. The van der Waals surface area contributed by atoms with Gasteiger partial charge in [0.2, 0.25) is 5.91 Å². The summed E-state index contributed by atoms with van der Waals surface area (Å²) >= 11 is 0. The van der Waals surface area contributed by atoms with E-state index in [1.807, 2.05) is 0 Å². The number of nitrogens with zero attached hydrogens (tertiary/aromatic N) is 2. The quantitative estimate of drug-likeness (QED) is 0.772. The average molecular weight is 265 g/mol. The van der Waals surface area contributed by atoms with Gasteiger partial charge in [-0.2, -0.15) is 0 Å². The topological polar surface area (TPSA) is 74.7 Å². The first-order valence-corrected chi connectivity index (χ1v) is 6.36. The van der Waals surface area contributed by atoms with Crippen LogP contribution >= 0.6 is 0 Å². The fourth-order valence-corrected chi connectivity index (χ4v) is 2.14. The van der Waals surface area contributed by atoms with E-state index in [9.17, 15) is 9.90 Å². The second kappa shape index (κ2) is 6.60. The van der Waals surface area contributed by atoms with Crippen molar-refractivity contribution in [2.45, 2.75) is 12.1 Å². The molecular formula is C13H19N3O3. The van der Waals surface area contributed by atoms with E-state index in [0.717, 1.165) is 0 Å². The van der Waals surface area contributed by atoms with Gasteiger partial charge in [0.25, 0.3) is 0 Å². The van der Waals surface area contributed by atoms with E-state index in [2.05, 4.69) is 10.3 Å². The van der Waals surface area contributed by atoms with Crippen LogP contribution in [-0.4, -0.2) is 60.3 Å². The van der Waals surface area contributed by atoms with E-state index < -0.39 is 12.1 Å². The third-order valence-corrected chi connectivity index (χ3v) is 3.24. The summed E-state index contributed by atoms with van der Waals surface area (Å²) in [6.45, 7) is 2.23. The van der Waals surface area contributed by atoms with Gasteiger partial charge in [0.05, 0.1) is 13.2 Å². The molecule has 1 aliphatic rings. The third-order valence-electron chi connectivity index (χ3n) is 3.24. The summed E-state index contributed by atoms with van der Waals surface area (Å²) in [5.74, 6) is -0.109. The zero-order valence-corrected chi connectivity index (χ0v) is 11.0. The van der Waals surface area contributed by atoms with Gasteiger partial charge in [-0.25, -0.2) is 0 Å². The summed E-state index contributed by atoms with van der Waals surface area (Å²) in [5, 5.41) is 13.2. The molecule has 1 fully saturated rings. The monoisotopic (exact) mass is 265 g/mol. The van der Waals surface area contributed by atoms with E-state index >= 15 is 0 Å². The number of likely N-dealkylation sites (N-methyl/N-ethyl adjacent to an activating group) is 1. The second-order valence-electron chi connectivity index (χ2n) is 4.44. The van der Waals surface area contributed by atoms with Gasteiger partial charge in [-0.15, -0.1) is 0 Å². The van der Waals surface area contributed by atoms with Crippen LogP contribution in [0.5, 0.6) is 0 Å². The molecule has 0 radical (unpaired) electrons. The molecule has 2 atom stereocenters. The zero-order chi connectivity index (χ0) is 13.7. The van der Waals surface area contributed by atoms with E-state index in [0.29, 0.717) is 31.9 Å². The predicted molar refractivity (Wildman–Crippen MR) is 69.4 cm³/mol. The number of hydrogen-bond acceptors (Lipinski definition) is 5. The SMILES string of the molecule is CN[C@@H](C(=O)N1CCOCC1)[C@@H](O)c1cccnc1. The maximum absolute atomic E-state index is 12.4. The van der Waals surface area contributed by atoms with Crippen molar-refractivity contribution in [3.05, 3.63) is 30.1 Å². The molecule has 0 bridgehead atoms. The number of carbonyl (C=O) groups excluding carboxylic acids is 1. The summed E-state index contributed by atoms with van der Waals surface area (Å²) in [6, 6.07) is 2.83. The third kappa shape index (κ3) is 3.28. The number of hydrogen-bond donors (Lipinski definition) is 2. The Balaban J connectivity index is 2.08. The number of amides is 1. The highest BCUT2D eigenvalue weighted by Gasteiger charge is 2.31. The largest absolute Gasteiger partial charge is 0.386 e. The molecule has 1 aromatic rings. The lowest BCUT2D eigenvalue weighted by Crippen LogP contribution is -2.51. The molecule has 0 unspecified atom stereocenters. The van der Waals surface area contributed by atoms with Crippen LogP contribution < -0.4 is 5.32 Å². The molecule has 104 valence electrons. The Bertz CT molecular complexity index is 407.